The maximum Gasteiger partial charge on any atom is 0.416 e. The summed E-state index contributed by atoms with van der Waals surface area (Å²) in [5.74, 6) is -0.307. The zero-order valence-electron chi connectivity index (χ0n) is 13.5. The van der Waals surface area contributed by atoms with Crippen molar-refractivity contribution in [1.29, 1.82) is 0 Å². The van der Waals surface area contributed by atoms with Crippen LogP contribution in [0.5, 0.6) is 0 Å². The molecule has 1 aliphatic carbocycles. The van der Waals surface area contributed by atoms with Crippen molar-refractivity contribution in [2.45, 2.75) is 37.4 Å². The fourth-order valence-electron chi connectivity index (χ4n) is 3.39. The molecule has 1 saturated carbocycles. The quantitative estimate of drug-likeness (QED) is 0.879. The number of aryl methyl sites for hydroxylation is 1. The van der Waals surface area contributed by atoms with E-state index in [-0.39, 0.29) is 22.5 Å². The zero-order valence-corrected chi connectivity index (χ0v) is 14.2. The topological polar surface area (TPSA) is 46.9 Å². The first-order chi connectivity index (χ1) is 11.8. The van der Waals surface area contributed by atoms with E-state index in [0.717, 1.165) is 17.2 Å². The molecule has 0 saturated heterocycles. The molecule has 2 unspecified atom stereocenters. The van der Waals surface area contributed by atoms with Gasteiger partial charge in [0, 0.05) is 19.0 Å². The first-order valence-electron chi connectivity index (χ1n) is 7.93. The number of aromatic nitrogens is 2. The first kappa shape index (κ1) is 17.8. The average molecular weight is 372 g/mol. The summed E-state index contributed by atoms with van der Waals surface area (Å²) < 4.78 is 41.1. The molecule has 134 valence electrons. The van der Waals surface area contributed by atoms with Gasteiger partial charge in [0.15, 0.2) is 0 Å². The Kier molecular flexibility index (Phi) is 4.77. The average Bonchev–Trinajstić information content (AvgIpc) is 3.03. The lowest BCUT2D eigenvalue weighted by atomic mass is 9.89. The Morgan fingerprint density at radius 1 is 1.28 bits per heavy atom. The summed E-state index contributed by atoms with van der Waals surface area (Å²) in [6.45, 7) is 0. The number of hydrogen-bond donors (Lipinski definition) is 1. The summed E-state index contributed by atoms with van der Waals surface area (Å²) in [4.78, 5) is 11.9. The number of alkyl halides is 3. The number of rotatable bonds is 3. The van der Waals surface area contributed by atoms with E-state index < -0.39 is 17.3 Å². The summed E-state index contributed by atoms with van der Waals surface area (Å²) in [5.41, 5.74) is -0.428. The third-order valence-corrected chi connectivity index (χ3v) is 4.97. The lowest BCUT2D eigenvalue weighted by molar-refractivity contribution is -0.138. The molecule has 0 spiro atoms. The number of halogens is 4. The molecule has 0 radical (unpaired) electrons. The third-order valence-electron chi connectivity index (χ3n) is 4.60. The lowest BCUT2D eigenvalue weighted by Crippen LogP contribution is -2.27. The molecule has 0 aliphatic heterocycles. The van der Waals surface area contributed by atoms with Gasteiger partial charge in [-0.25, -0.2) is 4.68 Å². The van der Waals surface area contributed by atoms with Gasteiger partial charge in [0.1, 0.15) is 5.02 Å². The minimum absolute atomic E-state index is 0.00717. The van der Waals surface area contributed by atoms with E-state index in [1.807, 2.05) is 0 Å². The van der Waals surface area contributed by atoms with Crippen LogP contribution in [0.2, 0.25) is 5.02 Å². The molecule has 2 atom stereocenters. The van der Waals surface area contributed by atoms with Crippen LogP contribution >= 0.6 is 11.6 Å². The van der Waals surface area contributed by atoms with Crippen LogP contribution in [0, 0.1) is 0 Å². The van der Waals surface area contributed by atoms with E-state index in [1.54, 1.807) is 6.07 Å². The van der Waals surface area contributed by atoms with Crippen molar-refractivity contribution in [2.75, 3.05) is 5.32 Å². The monoisotopic (exact) mass is 371 g/mol. The SMILES string of the molecule is Cn1ncc(NC2CCCC2c2ccccc2C(F)(F)F)c(Cl)c1=O. The molecule has 1 aromatic heterocycles. The van der Waals surface area contributed by atoms with E-state index in [1.165, 1.54) is 25.4 Å². The van der Waals surface area contributed by atoms with Gasteiger partial charge in [-0.15, -0.1) is 0 Å². The van der Waals surface area contributed by atoms with Gasteiger partial charge in [-0.1, -0.05) is 36.2 Å². The molecule has 2 aromatic rings. The van der Waals surface area contributed by atoms with Crippen molar-refractivity contribution in [3.63, 3.8) is 0 Å². The molecule has 1 heterocycles. The van der Waals surface area contributed by atoms with Crippen molar-refractivity contribution in [2.24, 2.45) is 7.05 Å². The maximum absolute atomic E-state index is 13.3. The van der Waals surface area contributed by atoms with Crippen LogP contribution in [0.1, 0.15) is 36.3 Å². The van der Waals surface area contributed by atoms with Gasteiger partial charge in [-0.3, -0.25) is 4.79 Å². The first-order valence-corrected chi connectivity index (χ1v) is 8.31. The van der Waals surface area contributed by atoms with Crippen molar-refractivity contribution >= 4 is 17.3 Å². The van der Waals surface area contributed by atoms with Gasteiger partial charge in [0.25, 0.3) is 5.56 Å². The second-order valence-electron chi connectivity index (χ2n) is 6.17. The highest BCUT2D eigenvalue weighted by molar-refractivity contribution is 6.32. The summed E-state index contributed by atoms with van der Waals surface area (Å²) >= 11 is 6.06. The minimum atomic E-state index is -4.40. The number of benzene rings is 1. The minimum Gasteiger partial charge on any atom is -0.379 e. The number of nitrogens with one attached hydrogen (secondary N) is 1. The second kappa shape index (κ2) is 6.71. The molecule has 1 aromatic carbocycles. The normalized spacial score (nSPS) is 20.7. The highest BCUT2D eigenvalue weighted by atomic mass is 35.5. The molecule has 1 fully saturated rings. The third kappa shape index (κ3) is 3.51. The van der Waals surface area contributed by atoms with E-state index in [4.69, 9.17) is 11.6 Å². The molecule has 1 aliphatic rings. The van der Waals surface area contributed by atoms with E-state index >= 15 is 0 Å². The molecule has 8 heteroatoms. The molecule has 1 N–H and O–H groups in total. The molecular weight excluding hydrogens is 355 g/mol. The van der Waals surface area contributed by atoms with Crippen molar-refractivity contribution in [3.8, 4) is 0 Å². The molecule has 4 nitrogen and oxygen atoms in total. The predicted octanol–water partition coefficient (Wildman–Crippen LogP) is 4.20. The standard InChI is InChI=1S/C17H17ClF3N3O/c1-24-16(25)15(18)14(9-22-24)23-13-8-4-6-11(13)10-5-2-3-7-12(10)17(19,20)21/h2-3,5,7,9,11,13,23H,4,6,8H2,1H3. The molecule has 25 heavy (non-hydrogen) atoms. The van der Waals surface area contributed by atoms with Crippen molar-refractivity contribution < 1.29 is 13.2 Å². The highest BCUT2D eigenvalue weighted by Gasteiger charge is 2.38. The summed E-state index contributed by atoms with van der Waals surface area (Å²) in [6.07, 6.45) is -0.839. The lowest BCUT2D eigenvalue weighted by Gasteiger charge is -2.25. The predicted molar refractivity (Wildman–Crippen MR) is 89.9 cm³/mol. The van der Waals surface area contributed by atoms with E-state index in [0.29, 0.717) is 18.5 Å². The summed E-state index contributed by atoms with van der Waals surface area (Å²) in [5, 5.41) is 7.04. The van der Waals surface area contributed by atoms with Crippen molar-refractivity contribution in [1.82, 2.24) is 9.78 Å². The number of hydrogen-bond acceptors (Lipinski definition) is 3. The Labute approximate surface area is 147 Å². The smallest absolute Gasteiger partial charge is 0.379 e. The zero-order chi connectivity index (χ0) is 18.2. The second-order valence-corrected chi connectivity index (χ2v) is 6.55. The van der Waals surface area contributed by atoms with Crippen LogP contribution in [0.4, 0.5) is 18.9 Å². The summed E-state index contributed by atoms with van der Waals surface area (Å²) in [7, 11) is 1.48. The fourth-order valence-corrected chi connectivity index (χ4v) is 3.62. The number of nitrogens with zero attached hydrogens (tertiary/aromatic N) is 2. The van der Waals surface area contributed by atoms with Crippen LogP contribution in [0.15, 0.2) is 35.3 Å². The van der Waals surface area contributed by atoms with Gasteiger partial charge in [-0.05, 0) is 24.5 Å². The number of anilines is 1. The molecule has 3 rings (SSSR count). The summed E-state index contributed by atoms with van der Waals surface area (Å²) in [6, 6.07) is 5.41. The van der Waals surface area contributed by atoms with Crippen LogP contribution in [0.3, 0.4) is 0 Å². The molecule has 0 amide bonds. The van der Waals surface area contributed by atoms with Crippen LogP contribution in [-0.4, -0.2) is 15.8 Å². The fraction of sp³-hybridized carbons (Fsp3) is 0.412. The van der Waals surface area contributed by atoms with Crippen molar-refractivity contribution in [3.05, 3.63) is 57.0 Å². The van der Waals surface area contributed by atoms with Gasteiger partial charge in [0.05, 0.1) is 17.4 Å². The Balaban J connectivity index is 1.93. The molecule has 0 bridgehead atoms. The maximum atomic E-state index is 13.3. The van der Waals surface area contributed by atoms with Gasteiger partial charge in [0.2, 0.25) is 0 Å². The van der Waals surface area contributed by atoms with Gasteiger partial charge >= 0.3 is 6.18 Å². The van der Waals surface area contributed by atoms with Crippen LogP contribution in [-0.2, 0) is 13.2 Å². The van der Waals surface area contributed by atoms with Gasteiger partial charge < -0.3 is 5.32 Å². The highest BCUT2D eigenvalue weighted by Crippen LogP contribution is 2.42. The Morgan fingerprint density at radius 3 is 2.72 bits per heavy atom. The van der Waals surface area contributed by atoms with Gasteiger partial charge in [-0.2, -0.15) is 18.3 Å². The largest absolute Gasteiger partial charge is 0.416 e. The Hall–Kier alpha value is -2.02. The molecular formula is C17H17ClF3N3O. The Morgan fingerprint density at radius 2 is 2.00 bits per heavy atom. The van der Waals surface area contributed by atoms with E-state index in [9.17, 15) is 18.0 Å². The van der Waals surface area contributed by atoms with Crippen LogP contribution in [0.25, 0.3) is 0 Å². The Bertz CT molecular complexity index is 835. The van der Waals surface area contributed by atoms with E-state index in [2.05, 4.69) is 10.4 Å². The van der Waals surface area contributed by atoms with Crippen LogP contribution < -0.4 is 10.9 Å².